The number of hydrogen-bond donors (Lipinski definition) is 1. The highest BCUT2D eigenvalue weighted by Gasteiger charge is 2.21. The minimum Gasteiger partial charge on any atom is -0.376 e. The maximum Gasteiger partial charge on any atom is 0.253 e. The number of carbonyl (C=O) groups excluding carboxylic acids is 1. The first-order chi connectivity index (χ1) is 11.7. The number of thioether (sulfide) groups is 2. The van der Waals surface area contributed by atoms with Gasteiger partial charge in [-0.05, 0) is 43.9 Å². The molecule has 0 unspecified atom stereocenters. The first kappa shape index (κ1) is 18.1. The summed E-state index contributed by atoms with van der Waals surface area (Å²) in [7, 11) is 0. The number of rotatable bonds is 6. The van der Waals surface area contributed by atoms with Gasteiger partial charge >= 0.3 is 0 Å². The van der Waals surface area contributed by atoms with Crippen LogP contribution in [0.3, 0.4) is 0 Å². The van der Waals surface area contributed by atoms with Crippen molar-refractivity contribution >= 4 is 35.1 Å². The first-order valence-electron chi connectivity index (χ1n) is 8.59. The fraction of sp³-hybridized carbons (Fsp3) is 0.611. The zero-order valence-corrected chi connectivity index (χ0v) is 15.7. The van der Waals surface area contributed by atoms with Crippen molar-refractivity contribution in [1.82, 2.24) is 0 Å². The number of nitrogens with one attached hydrogen (secondary N) is 1. The summed E-state index contributed by atoms with van der Waals surface area (Å²) in [5, 5.41) is 2.97. The average Bonchev–Trinajstić information content (AvgIpc) is 3.15. The summed E-state index contributed by atoms with van der Waals surface area (Å²) in [5.74, 6) is 2.29. The van der Waals surface area contributed by atoms with Crippen molar-refractivity contribution in [2.75, 3.05) is 30.0 Å². The Morgan fingerprint density at radius 2 is 2.21 bits per heavy atom. The van der Waals surface area contributed by atoms with Crippen LogP contribution in [0.4, 0.5) is 5.69 Å². The van der Waals surface area contributed by atoms with Gasteiger partial charge < -0.3 is 14.8 Å². The van der Waals surface area contributed by atoms with E-state index in [1.54, 1.807) is 6.92 Å². The van der Waals surface area contributed by atoms with Crippen molar-refractivity contribution in [1.29, 1.82) is 0 Å². The van der Waals surface area contributed by atoms with Gasteiger partial charge in [-0.1, -0.05) is 12.1 Å². The lowest BCUT2D eigenvalue weighted by atomic mass is 10.1. The van der Waals surface area contributed by atoms with Gasteiger partial charge in [-0.2, -0.15) is 0 Å². The average molecular weight is 368 g/mol. The molecule has 0 aliphatic carbocycles. The van der Waals surface area contributed by atoms with Crippen molar-refractivity contribution in [2.24, 2.45) is 0 Å². The Morgan fingerprint density at radius 3 is 2.96 bits per heavy atom. The Morgan fingerprint density at radius 1 is 1.38 bits per heavy atom. The number of ether oxygens (including phenoxy) is 2. The van der Waals surface area contributed by atoms with Crippen molar-refractivity contribution in [3.63, 3.8) is 0 Å². The predicted molar refractivity (Wildman–Crippen MR) is 102 cm³/mol. The third-order valence-electron chi connectivity index (χ3n) is 4.22. The quantitative estimate of drug-likeness (QED) is 0.821. The number of benzene rings is 1. The lowest BCUT2D eigenvalue weighted by molar-refractivity contribution is -0.130. The number of hydrogen-bond acceptors (Lipinski definition) is 5. The van der Waals surface area contributed by atoms with Gasteiger partial charge in [0.05, 0.1) is 17.3 Å². The molecule has 1 N–H and O–H groups in total. The van der Waals surface area contributed by atoms with E-state index in [0.717, 1.165) is 25.1 Å². The molecule has 2 heterocycles. The molecule has 2 aliphatic rings. The Balaban J connectivity index is 1.49. The van der Waals surface area contributed by atoms with E-state index >= 15 is 0 Å². The standard InChI is InChI=1S/C18H25NO3S2/c1-13(22-12-16-7-2-3-8-21-16)17(20)19-15-6-4-5-14(11-15)18-23-9-10-24-18/h4-6,11,13,16,18H,2-3,7-10,12H2,1H3,(H,19,20)/t13-,16+/m0/s1. The highest BCUT2D eigenvalue weighted by molar-refractivity contribution is 8.19. The minimum atomic E-state index is -0.477. The molecular formula is C18H25NO3S2. The maximum absolute atomic E-state index is 12.3. The predicted octanol–water partition coefficient (Wildman–Crippen LogP) is 4.08. The summed E-state index contributed by atoms with van der Waals surface area (Å²) in [4.78, 5) is 12.3. The molecule has 24 heavy (non-hydrogen) atoms. The highest BCUT2D eigenvalue weighted by atomic mass is 32.2. The second-order valence-electron chi connectivity index (χ2n) is 6.15. The summed E-state index contributed by atoms with van der Waals surface area (Å²) in [6, 6.07) is 8.14. The van der Waals surface area contributed by atoms with Crippen LogP contribution in [-0.4, -0.2) is 42.8 Å². The monoisotopic (exact) mass is 367 g/mol. The Hall–Kier alpha value is -0.690. The van der Waals surface area contributed by atoms with Crippen LogP contribution in [-0.2, 0) is 14.3 Å². The van der Waals surface area contributed by atoms with E-state index in [1.165, 1.54) is 23.5 Å². The minimum absolute atomic E-state index is 0.102. The Bertz CT molecular complexity index is 543. The normalized spacial score (nSPS) is 23.1. The van der Waals surface area contributed by atoms with Crippen LogP contribution < -0.4 is 5.32 Å². The fourth-order valence-electron chi connectivity index (χ4n) is 2.82. The van der Waals surface area contributed by atoms with E-state index in [2.05, 4.69) is 17.4 Å². The molecule has 2 fully saturated rings. The van der Waals surface area contributed by atoms with E-state index in [4.69, 9.17) is 9.47 Å². The van der Waals surface area contributed by atoms with Gasteiger partial charge in [-0.25, -0.2) is 0 Å². The number of anilines is 1. The summed E-state index contributed by atoms with van der Waals surface area (Å²) in [6.07, 6.45) is 2.98. The molecule has 1 aromatic rings. The third kappa shape index (κ3) is 5.15. The zero-order valence-electron chi connectivity index (χ0n) is 14.0. The van der Waals surface area contributed by atoms with E-state index in [0.29, 0.717) is 11.2 Å². The summed E-state index contributed by atoms with van der Waals surface area (Å²) < 4.78 is 11.8. The Kier molecular flexibility index (Phi) is 6.89. The van der Waals surface area contributed by atoms with Crippen molar-refractivity contribution in [3.8, 4) is 0 Å². The van der Waals surface area contributed by atoms with Crippen LogP contribution in [0.2, 0.25) is 0 Å². The number of amides is 1. The molecule has 1 aromatic carbocycles. The second-order valence-corrected chi connectivity index (χ2v) is 8.88. The van der Waals surface area contributed by atoms with Gasteiger partial charge in [0.2, 0.25) is 0 Å². The molecular weight excluding hydrogens is 342 g/mol. The molecule has 4 nitrogen and oxygen atoms in total. The molecule has 3 rings (SSSR count). The molecule has 0 spiro atoms. The van der Waals surface area contributed by atoms with Gasteiger partial charge in [0.15, 0.2) is 0 Å². The molecule has 0 aromatic heterocycles. The molecule has 2 aliphatic heterocycles. The second kappa shape index (κ2) is 9.13. The van der Waals surface area contributed by atoms with E-state index in [-0.39, 0.29) is 12.0 Å². The van der Waals surface area contributed by atoms with Crippen LogP contribution >= 0.6 is 23.5 Å². The molecule has 0 saturated carbocycles. The van der Waals surface area contributed by atoms with Gasteiger partial charge in [0, 0.05) is 23.8 Å². The van der Waals surface area contributed by atoms with Crippen molar-refractivity contribution in [3.05, 3.63) is 29.8 Å². The topological polar surface area (TPSA) is 47.6 Å². The Labute approximate surface area is 152 Å². The third-order valence-corrected chi connectivity index (χ3v) is 7.33. The fourth-order valence-corrected chi connectivity index (χ4v) is 5.66. The summed E-state index contributed by atoms with van der Waals surface area (Å²) in [6.45, 7) is 3.09. The SMILES string of the molecule is C[C@H](OC[C@H]1CCCCO1)C(=O)Nc1cccc(C2SCCS2)c1. The van der Waals surface area contributed by atoms with Crippen LogP contribution in [0.25, 0.3) is 0 Å². The largest absolute Gasteiger partial charge is 0.376 e. The van der Waals surface area contributed by atoms with Crippen molar-refractivity contribution in [2.45, 2.75) is 43.0 Å². The zero-order chi connectivity index (χ0) is 16.8. The first-order valence-corrected chi connectivity index (χ1v) is 10.7. The van der Waals surface area contributed by atoms with Crippen LogP contribution in [0.15, 0.2) is 24.3 Å². The molecule has 2 atom stereocenters. The maximum atomic E-state index is 12.3. The molecule has 6 heteroatoms. The lowest BCUT2D eigenvalue weighted by Gasteiger charge is -2.24. The molecule has 1 amide bonds. The van der Waals surface area contributed by atoms with Crippen molar-refractivity contribution < 1.29 is 14.3 Å². The molecule has 0 bridgehead atoms. The highest BCUT2D eigenvalue weighted by Crippen LogP contribution is 2.45. The van der Waals surface area contributed by atoms with Gasteiger partial charge in [0.25, 0.3) is 5.91 Å². The molecule has 2 saturated heterocycles. The van der Waals surface area contributed by atoms with Crippen LogP contribution in [0, 0.1) is 0 Å². The number of carbonyl (C=O) groups is 1. The van der Waals surface area contributed by atoms with E-state index in [9.17, 15) is 4.79 Å². The molecule has 0 radical (unpaired) electrons. The van der Waals surface area contributed by atoms with Crippen LogP contribution in [0.1, 0.15) is 36.3 Å². The van der Waals surface area contributed by atoms with Gasteiger partial charge in [-0.3, -0.25) is 4.79 Å². The lowest BCUT2D eigenvalue weighted by Crippen LogP contribution is -2.32. The smallest absolute Gasteiger partial charge is 0.253 e. The molecule has 132 valence electrons. The van der Waals surface area contributed by atoms with Gasteiger partial charge in [-0.15, -0.1) is 23.5 Å². The summed E-state index contributed by atoms with van der Waals surface area (Å²) >= 11 is 3.93. The van der Waals surface area contributed by atoms with E-state index in [1.807, 2.05) is 35.7 Å². The van der Waals surface area contributed by atoms with E-state index < -0.39 is 6.10 Å². The summed E-state index contributed by atoms with van der Waals surface area (Å²) in [5.41, 5.74) is 2.11. The van der Waals surface area contributed by atoms with Gasteiger partial charge in [0.1, 0.15) is 6.10 Å². The van der Waals surface area contributed by atoms with Crippen LogP contribution in [0.5, 0.6) is 0 Å².